The molecule has 0 fully saturated rings. The second kappa shape index (κ2) is 11.5. The molecule has 4 aromatic rings. The van der Waals surface area contributed by atoms with Gasteiger partial charge in [0.2, 0.25) is 5.91 Å². The average molecular weight is 578 g/mol. The second-order valence-corrected chi connectivity index (χ2v) is 13.2. The van der Waals surface area contributed by atoms with Crippen molar-refractivity contribution in [2.24, 2.45) is 0 Å². The molecule has 1 amide bonds. The van der Waals surface area contributed by atoms with Crippen LogP contribution in [0.25, 0.3) is 0 Å². The van der Waals surface area contributed by atoms with Crippen LogP contribution in [0.3, 0.4) is 0 Å². The fourth-order valence-electron chi connectivity index (χ4n) is 4.28. The van der Waals surface area contributed by atoms with Crippen molar-refractivity contribution >= 4 is 43.0 Å². The van der Waals surface area contributed by atoms with Crippen molar-refractivity contribution in [3.8, 4) is 0 Å². The number of sulfonamides is 2. The molecule has 208 valence electrons. The molecule has 0 radical (unpaired) electrons. The number of anilines is 3. The summed E-state index contributed by atoms with van der Waals surface area (Å²) in [5.41, 5.74) is 4.69. The largest absolute Gasteiger partial charge is 0.325 e. The molecule has 4 aromatic carbocycles. The number of amides is 1. The number of carbonyl (C=O) groups is 1. The molecule has 0 unspecified atom stereocenters. The lowest BCUT2D eigenvalue weighted by atomic mass is 10.1. The van der Waals surface area contributed by atoms with Crippen LogP contribution in [0.4, 0.5) is 17.1 Å². The topological polar surface area (TPSA) is 113 Å². The van der Waals surface area contributed by atoms with Crippen molar-refractivity contribution in [1.29, 1.82) is 0 Å². The summed E-state index contributed by atoms with van der Waals surface area (Å²) in [7, 11) is -7.91. The zero-order valence-electron chi connectivity index (χ0n) is 22.7. The maximum atomic E-state index is 13.6. The van der Waals surface area contributed by atoms with Crippen LogP contribution < -0.4 is 14.3 Å². The van der Waals surface area contributed by atoms with E-state index >= 15 is 0 Å². The van der Waals surface area contributed by atoms with Crippen LogP contribution in [-0.2, 0) is 24.8 Å². The number of hydrogen-bond acceptors (Lipinski definition) is 5. The van der Waals surface area contributed by atoms with Crippen LogP contribution in [-0.4, -0.2) is 29.3 Å². The quantitative estimate of drug-likeness (QED) is 0.271. The maximum absolute atomic E-state index is 13.6. The summed E-state index contributed by atoms with van der Waals surface area (Å²) in [5, 5.41) is 2.68. The van der Waals surface area contributed by atoms with Crippen LogP contribution in [0.2, 0.25) is 0 Å². The summed E-state index contributed by atoms with van der Waals surface area (Å²) in [6, 6.07) is 24.3. The van der Waals surface area contributed by atoms with Gasteiger partial charge >= 0.3 is 0 Å². The number of aryl methyl sites for hydroxylation is 4. The van der Waals surface area contributed by atoms with Crippen molar-refractivity contribution in [3.63, 3.8) is 0 Å². The van der Waals surface area contributed by atoms with Crippen molar-refractivity contribution in [2.75, 3.05) is 20.9 Å². The van der Waals surface area contributed by atoms with E-state index in [-0.39, 0.29) is 9.79 Å². The van der Waals surface area contributed by atoms with Crippen molar-refractivity contribution in [3.05, 3.63) is 113 Å². The molecule has 40 heavy (non-hydrogen) atoms. The molecule has 0 saturated carbocycles. The van der Waals surface area contributed by atoms with Gasteiger partial charge in [-0.25, -0.2) is 16.8 Å². The highest BCUT2D eigenvalue weighted by atomic mass is 32.2. The number of benzene rings is 4. The normalized spacial score (nSPS) is 11.6. The van der Waals surface area contributed by atoms with Gasteiger partial charge in [0.25, 0.3) is 20.0 Å². The zero-order chi connectivity index (χ0) is 29.1. The van der Waals surface area contributed by atoms with Gasteiger partial charge < -0.3 is 5.32 Å². The second-order valence-electron chi connectivity index (χ2n) is 9.61. The summed E-state index contributed by atoms with van der Waals surface area (Å²) in [6.45, 7) is 6.97. The Kier molecular flexibility index (Phi) is 8.32. The smallest absolute Gasteiger partial charge is 0.264 e. The predicted octanol–water partition coefficient (Wildman–Crippen LogP) is 5.56. The molecule has 0 aliphatic heterocycles. The first-order valence-electron chi connectivity index (χ1n) is 12.5. The Balaban J connectivity index is 1.55. The third kappa shape index (κ3) is 6.52. The van der Waals surface area contributed by atoms with Gasteiger partial charge in [0.1, 0.15) is 6.54 Å². The minimum atomic E-state index is -4.05. The van der Waals surface area contributed by atoms with Gasteiger partial charge in [-0.1, -0.05) is 53.6 Å². The number of hydrogen-bond donors (Lipinski definition) is 2. The van der Waals surface area contributed by atoms with Crippen LogP contribution in [0, 0.1) is 27.7 Å². The molecule has 8 nitrogen and oxygen atoms in total. The lowest BCUT2D eigenvalue weighted by Crippen LogP contribution is -2.38. The molecule has 0 spiro atoms. The molecule has 10 heteroatoms. The van der Waals surface area contributed by atoms with Crippen molar-refractivity contribution in [1.82, 2.24) is 0 Å². The van der Waals surface area contributed by atoms with E-state index in [9.17, 15) is 21.6 Å². The average Bonchev–Trinajstić information content (AvgIpc) is 2.90. The van der Waals surface area contributed by atoms with Gasteiger partial charge in [-0.3, -0.25) is 13.8 Å². The minimum Gasteiger partial charge on any atom is -0.325 e. The van der Waals surface area contributed by atoms with E-state index < -0.39 is 32.5 Å². The summed E-state index contributed by atoms with van der Waals surface area (Å²) < 4.78 is 56.6. The lowest BCUT2D eigenvalue weighted by Gasteiger charge is -2.26. The van der Waals surface area contributed by atoms with E-state index in [1.165, 1.54) is 36.4 Å². The molecule has 0 saturated heterocycles. The molecular weight excluding hydrogens is 546 g/mol. The number of rotatable bonds is 9. The highest BCUT2D eigenvalue weighted by molar-refractivity contribution is 7.93. The van der Waals surface area contributed by atoms with Gasteiger partial charge in [0.15, 0.2) is 0 Å². The highest BCUT2D eigenvalue weighted by Gasteiger charge is 2.28. The third-order valence-corrected chi connectivity index (χ3v) is 9.47. The molecule has 0 bridgehead atoms. The highest BCUT2D eigenvalue weighted by Crippen LogP contribution is 2.28. The Morgan fingerprint density at radius 3 is 1.90 bits per heavy atom. The monoisotopic (exact) mass is 577 g/mol. The van der Waals surface area contributed by atoms with Crippen molar-refractivity contribution in [2.45, 2.75) is 37.5 Å². The zero-order valence-corrected chi connectivity index (χ0v) is 24.3. The Bertz CT molecular complexity index is 1750. The Morgan fingerprint density at radius 2 is 1.30 bits per heavy atom. The maximum Gasteiger partial charge on any atom is 0.264 e. The van der Waals surface area contributed by atoms with E-state index in [2.05, 4.69) is 10.0 Å². The predicted molar refractivity (Wildman–Crippen MR) is 159 cm³/mol. The fourth-order valence-corrected chi connectivity index (χ4v) is 6.92. The first kappa shape index (κ1) is 28.8. The van der Waals surface area contributed by atoms with Gasteiger partial charge in [0.05, 0.1) is 21.2 Å². The third-order valence-electron chi connectivity index (χ3n) is 6.31. The first-order valence-corrected chi connectivity index (χ1v) is 15.4. The van der Waals surface area contributed by atoms with E-state index in [1.54, 1.807) is 43.3 Å². The van der Waals surface area contributed by atoms with Gasteiger partial charge in [-0.05, 0) is 87.4 Å². The molecule has 4 rings (SSSR count). The van der Waals surface area contributed by atoms with Crippen LogP contribution in [0.5, 0.6) is 0 Å². The van der Waals surface area contributed by atoms with Crippen LogP contribution in [0.15, 0.2) is 101 Å². The standard InChI is InChI=1S/C30H31N3O5S2/c1-21-10-16-28(23(3)18-21)32-39(35,36)26-14-12-25(13-15-26)31-30(34)20-33(29-17-11-22(2)19-24(29)4)40(37,38)27-8-6-5-7-9-27/h5-19,32H,20H2,1-4H3,(H,31,34). The van der Waals surface area contributed by atoms with Gasteiger partial charge in [-0.2, -0.15) is 0 Å². The summed E-state index contributed by atoms with van der Waals surface area (Å²) in [5.74, 6) is -0.580. The van der Waals surface area contributed by atoms with E-state index in [0.29, 0.717) is 22.6 Å². The molecule has 0 aromatic heterocycles. The van der Waals surface area contributed by atoms with Crippen LogP contribution >= 0.6 is 0 Å². The fraction of sp³-hybridized carbons (Fsp3) is 0.167. The molecule has 0 heterocycles. The molecule has 0 atom stereocenters. The molecular formula is C30H31N3O5S2. The molecule has 0 aliphatic rings. The summed E-state index contributed by atoms with van der Waals surface area (Å²) in [4.78, 5) is 13.2. The Labute approximate surface area is 235 Å². The van der Waals surface area contributed by atoms with Gasteiger partial charge in [-0.15, -0.1) is 0 Å². The van der Waals surface area contributed by atoms with Gasteiger partial charge in [0, 0.05) is 5.69 Å². The van der Waals surface area contributed by atoms with Crippen molar-refractivity contribution < 1.29 is 21.6 Å². The Morgan fingerprint density at radius 1 is 0.700 bits per heavy atom. The lowest BCUT2D eigenvalue weighted by molar-refractivity contribution is -0.114. The number of carbonyl (C=O) groups excluding carboxylic acids is 1. The molecule has 2 N–H and O–H groups in total. The summed E-state index contributed by atoms with van der Waals surface area (Å²) in [6.07, 6.45) is 0. The SMILES string of the molecule is Cc1ccc(NS(=O)(=O)c2ccc(NC(=O)CN(c3ccc(C)cc3C)S(=O)(=O)c3ccccc3)cc2)c(C)c1. The van der Waals surface area contributed by atoms with E-state index in [1.807, 2.05) is 39.0 Å². The number of nitrogens with zero attached hydrogens (tertiary/aromatic N) is 1. The van der Waals surface area contributed by atoms with E-state index in [4.69, 9.17) is 0 Å². The summed E-state index contributed by atoms with van der Waals surface area (Å²) >= 11 is 0. The number of nitrogens with one attached hydrogen (secondary N) is 2. The van der Waals surface area contributed by atoms with Crippen LogP contribution in [0.1, 0.15) is 22.3 Å². The minimum absolute atomic E-state index is 0.0223. The van der Waals surface area contributed by atoms with E-state index in [0.717, 1.165) is 21.0 Å². The first-order chi connectivity index (χ1) is 18.9. The Hall–Kier alpha value is -4.15. The molecule has 0 aliphatic carbocycles.